The van der Waals surface area contributed by atoms with E-state index in [9.17, 15) is 14.0 Å². The zero-order valence-corrected chi connectivity index (χ0v) is 8.95. The first-order valence-corrected chi connectivity index (χ1v) is 4.83. The van der Waals surface area contributed by atoms with E-state index < -0.39 is 5.82 Å². The van der Waals surface area contributed by atoms with Gasteiger partial charge >= 0.3 is 0 Å². The Bertz CT molecular complexity index is 643. The number of hydrogen-bond acceptors (Lipinski definition) is 2. The van der Waals surface area contributed by atoms with E-state index in [1.165, 1.54) is 23.5 Å². The number of fused-ring (bicyclic) bond motifs is 1. The standard InChI is InChI=1S/C12H10FNO2/c1-7-11(8(2)15)5-10-4-3-9(13)6-14(10)12(7)16/h3-6H,1-2H3. The topological polar surface area (TPSA) is 38.5 Å². The maximum absolute atomic E-state index is 13.0. The van der Waals surface area contributed by atoms with Crippen LogP contribution in [0.5, 0.6) is 0 Å². The van der Waals surface area contributed by atoms with Crippen molar-refractivity contribution in [1.82, 2.24) is 4.40 Å². The molecule has 0 saturated carbocycles. The van der Waals surface area contributed by atoms with Gasteiger partial charge in [0.05, 0.1) is 0 Å². The van der Waals surface area contributed by atoms with Gasteiger partial charge in [-0.25, -0.2) is 4.39 Å². The van der Waals surface area contributed by atoms with Gasteiger partial charge in [-0.1, -0.05) is 0 Å². The van der Waals surface area contributed by atoms with Crippen LogP contribution in [0.4, 0.5) is 4.39 Å². The van der Waals surface area contributed by atoms with Crippen LogP contribution in [0.2, 0.25) is 0 Å². The van der Waals surface area contributed by atoms with Crippen molar-refractivity contribution in [3.05, 3.63) is 51.7 Å². The van der Waals surface area contributed by atoms with E-state index in [4.69, 9.17) is 0 Å². The van der Waals surface area contributed by atoms with Gasteiger partial charge in [-0.3, -0.25) is 14.0 Å². The molecule has 0 saturated heterocycles. The summed E-state index contributed by atoms with van der Waals surface area (Å²) in [7, 11) is 0. The predicted octanol–water partition coefficient (Wildman–Crippen LogP) is 1.95. The molecule has 0 aliphatic heterocycles. The molecule has 0 atom stereocenters. The summed E-state index contributed by atoms with van der Waals surface area (Å²) in [5.74, 6) is -0.647. The molecule has 3 nitrogen and oxygen atoms in total. The molecule has 0 radical (unpaired) electrons. The summed E-state index contributed by atoms with van der Waals surface area (Å²) < 4.78 is 14.2. The molecule has 2 heterocycles. The molecule has 0 aliphatic carbocycles. The molecule has 16 heavy (non-hydrogen) atoms. The van der Waals surface area contributed by atoms with Gasteiger partial charge in [-0.05, 0) is 32.0 Å². The minimum Gasteiger partial charge on any atom is -0.294 e. The summed E-state index contributed by atoms with van der Waals surface area (Å²) in [6, 6.07) is 4.33. The molecule has 0 unspecified atom stereocenters. The van der Waals surface area contributed by atoms with E-state index >= 15 is 0 Å². The van der Waals surface area contributed by atoms with Gasteiger partial charge < -0.3 is 0 Å². The molecule has 2 aromatic rings. The molecule has 0 fully saturated rings. The van der Waals surface area contributed by atoms with Crippen molar-refractivity contribution in [2.75, 3.05) is 0 Å². The predicted molar refractivity (Wildman–Crippen MR) is 58.4 cm³/mol. The number of hydrogen-bond donors (Lipinski definition) is 0. The van der Waals surface area contributed by atoms with Crippen LogP contribution in [0.3, 0.4) is 0 Å². The largest absolute Gasteiger partial charge is 0.294 e. The van der Waals surface area contributed by atoms with Crippen molar-refractivity contribution in [1.29, 1.82) is 0 Å². The summed E-state index contributed by atoms with van der Waals surface area (Å²) in [5, 5.41) is 0. The van der Waals surface area contributed by atoms with Gasteiger partial charge in [0.15, 0.2) is 5.78 Å². The lowest BCUT2D eigenvalue weighted by Gasteiger charge is -2.06. The summed E-state index contributed by atoms with van der Waals surface area (Å²) in [4.78, 5) is 23.2. The molecule has 0 aliphatic rings. The quantitative estimate of drug-likeness (QED) is 0.687. The summed E-state index contributed by atoms with van der Waals surface area (Å²) in [6.45, 7) is 2.97. The zero-order valence-electron chi connectivity index (χ0n) is 8.95. The Hall–Kier alpha value is -1.97. The summed E-state index contributed by atoms with van der Waals surface area (Å²) >= 11 is 0. The number of aromatic nitrogens is 1. The maximum Gasteiger partial charge on any atom is 0.258 e. The number of carbonyl (C=O) groups is 1. The highest BCUT2D eigenvalue weighted by atomic mass is 19.1. The second-order valence-corrected chi connectivity index (χ2v) is 3.69. The molecular weight excluding hydrogens is 209 g/mol. The Morgan fingerprint density at radius 2 is 2.06 bits per heavy atom. The van der Waals surface area contributed by atoms with E-state index in [0.29, 0.717) is 16.6 Å². The molecule has 0 amide bonds. The molecule has 0 N–H and O–H groups in total. The first-order chi connectivity index (χ1) is 7.50. The fourth-order valence-corrected chi connectivity index (χ4v) is 1.70. The fraction of sp³-hybridized carbons (Fsp3) is 0.167. The van der Waals surface area contributed by atoms with Crippen LogP contribution in [0, 0.1) is 12.7 Å². The van der Waals surface area contributed by atoms with Crippen molar-refractivity contribution in [2.24, 2.45) is 0 Å². The summed E-state index contributed by atoms with van der Waals surface area (Å²) in [5.41, 5.74) is 0.886. The van der Waals surface area contributed by atoms with Gasteiger partial charge in [-0.2, -0.15) is 0 Å². The maximum atomic E-state index is 13.0. The van der Waals surface area contributed by atoms with Crippen LogP contribution in [0.15, 0.2) is 29.2 Å². The average Bonchev–Trinajstić information content (AvgIpc) is 2.23. The minimum atomic E-state index is -0.482. The van der Waals surface area contributed by atoms with Crippen molar-refractivity contribution in [3.63, 3.8) is 0 Å². The van der Waals surface area contributed by atoms with Crippen molar-refractivity contribution < 1.29 is 9.18 Å². The van der Waals surface area contributed by atoms with E-state index in [1.54, 1.807) is 13.0 Å². The number of carbonyl (C=O) groups excluding carboxylic acids is 1. The zero-order chi connectivity index (χ0) is 11.9. The van der Waals surface area contributed by atoms with Crippen LogP contribution in [0.25, 0.3) is 5.52 Å². The Kier molecular flexibility index (Phi) is 2.34. The fourth-order valence-electron chi connectivity index (χ4n) is 1.70. The minimum absolute atomic E-state index is 0.165. The van der Waals surface area contributed by atoms with Crippen LogP contribution in [-0.2, 0) is 0 Å². The highest BCUT2D eigenvalue weighted by Gasteiger charge is 2.10. The monoisotopic (exact) mass is 219 g/mol. The lowest BCUT2D eigenvalue weighted by Crippen LogP contribution is -2.19. The SMILES string of the molecule is CC(=O)c1cc2ccc(F)cn2c(=O)c1C. The van der Waals surface area contributed by atoms with E-state index in [0.717, 1.165) is 6.20 Å². The molecule has 0 aromatic carbocycles. The van der Waals surface area contributed by atoms with Gasteiger partial charge in [0, 0.05) is 22.8 Å². The van der Waals surface area contributed by atoms with Crippen LogP contribution in [0.1, 0.15) is 22.8 Å². The molecule has 2 rings (SSSR count). The first kappa shape index (κ1) is 10.5. The second kappa shape index (κ2) is 3.56. The molecule has 0 bridgehead atoms. The lowest BCUT2D eigenvalue weighted by atomic mass is 10.1. The van der Waals surface area contributed by atoms with Gasteiger partial charge in [0.25, 0.3) is 5.56 Å². The Morgan fingerprint density at radius 1 is 1.38 bits per heavy atom. The third kappa shape index (κ3) is 1.52. The van der Waals surface area contributed by atoms with Gasteiger partial charge in [0.1, 0.15) is 5.82 Å². The molecule has 0 spiro atoms. The number of nitrogens with zero attached hydrogens (tertiary/aromatic N) is 1. The first-order valence-electron chi connectivity index (χ1n) is 4.83. The van der Waals surface area contributed by atoms with Crippen LogP contribution >= 0.6 is 0 Å². The molecular formula is C12H10FNO2. The smallest absolute Gasteiger partial charge is 0.258 e. The third-order valence-corrected chi connectivity index (χ3v) is 2.56. The van der Waals surface area contributed by atoms with Crippen molar-refractivity contribution in [2.45, 2.75) is 13.8 Å². The Labute approximate surface area is 91.1 Å². The molecule has 82 valence electrons. The van der Waals surface area contributed by atoms with Gasteiger partial charge in [-0.15, -0.1) is 0 Å². The number of halogens is 1. The third-order valence-electron chi connectivity index (χ3n) is 2.56. The average molecular weight is 219 g/mol. The normalized spacial score (nSPS) is 10.7. The Balaban J connectivity index is 2.94. The second-order valence-electron chi connectivity index (χ2n) is 3.69. The highest BCUT2D eigenvalue weighted by molar-refractivity contribution is 5.96. The lowest BCUT2D eigenvalue weighted by molar-refractivity contribution is 0.101. The van der Waals surface area contributed by atoms with E-state index in [2.05, 4.69) is 0 Å². The molecule has 2 aromatic heterocycles. The van der Waals surface area contributed by atoms with Crippen molar-refractivity contribution >= 4 is 11.3 Å². The summed E-state index contributed by atoms with van der Waals surface area (Å²) in [6.07, 6.45) is 1.12. The Morgan fingerprint density at radius 3 is 2.69 bits per heavy atom. The number of Topliss-reactive ketones (excluding diaryl/α,β-unsaturated/α-hetero) is 1. The van der Waals surface area contributed by atoms with E-state index in [1.807, 2.05) is 0 Å². The van der Waals surface area contributed by atoms with E-state index in [-0.39, 0.29) is 11.3 Å². The molecule has 4 heteroatoms. The number of rotatable bonds is 1. The van der Waals surface area contributed by atoms with Crippen molar-refractivity contribution in [3.8, 4) is 0 Å². The number of pyridine rings is 2. The highest BCUT2D eigenvalue weighted by Crippen LogP contribution is 2.10. The van der Waals surface area contributed by atoms with Crippen LogP contribution < -0.4 is 5.56 Å². The number of ketones is 1. The van der Waals surface area contributed by atoms with Crippen LogP contribution in [-0.4, -0.2) is 10.2 Å². The van der Waals surface area contributed by atoms with Gasteiger partial charge in [0.2, 0.25) is 0 Å².